The van der Waals surface area contributed by atoms with Crippen LogP contribution in [0.3, 0.4) is 0 Å². The first-order valence-electron chi connectivity index (χ1n) is 12.8. The van der Waals surface area contributed by atoms with Crippen LogP contribution < -0.4 is 16.4 Å². The van der Waals surface area contributed by atoms with Gasteiger partial charge in [0.1, 0.15) is 6.04 Å². The second-order valence-electron chi connectivity index (χ2n) is 9.50. The molecule has 32 heavy (non-hydrogen) atoms. The summed E-state index contributed by atoms with van der Waals surface area (Å²) in [5, 5.41) is 5.66. The highest BCUT2D eigenvalue weighted by atomic mass is 16.2. The maximum absolute atomic E-state index is 11.9. The lowest BCUT2D eigenvalue weighted by atomic mass is 9.89. The van der Waals surface area contributed by atoms with Crippen molar-refractivity contribution >= 4 is 17.5 Å². The van der Waals surface area contributed by atoms with Gasteiger partial charge in [0.05, 0.1) is 0 Å². The van der Waals surface area contributed by atoms with E-state index in [0.717, 1.165) is 12.2 Å². The lowest BCUT2D eigenvalue weighted by molar-refractivity contribution is -0.133. The molecule has 1 aromatic rings. The zero-order chi connectivity index (χ0) is 22.6. The molecule has 2 aliphatic heterocycles. The van der Waals surface area contributed by atoms with Gasteiger partial charge in [0.15, 0.2) is 0 Å². The predicted octanol–water partition coefficient (Wildman–Crippen LogP) is 4.16. The van der Waals surface area contributed by atoms with E-state index in [-0.39, 0.29) is 17.9 Å². The van der Waals surface area contributed by atoms with Gasteiger partial charge >= 0.3 is 0 Å². The quantitative estimate of drug-likeness (QED) is 0.315. The van der Waals surface area contributed by atoms with Gasteiger partial charge in [0.25, 0.3) is 0 Å². The maximum Gasteiger partial charge on any atom is 0.249 e. The molecular weight excluding hydrogens is 400 g/mol. The van der Waals surface area contributed by atoms with Crippen molar-refractivity contribution in [3.05, 3.63) is 29.8 Å². The van der Waals surface area contributed by atoms with Crippen LogP contribution in [-0.2, 0) is 9.59 Å². The molecule has 2 saturated heterocycles. The Kier molecular flexibility index (Phi) is 10.5. The largest absolute Gasteiger partial charge is 0.374 e. The monoisotopic (exact) mass is 442 g/mol. The molecule has 4 N–H and O–H groups in total. The molecule has 0 aliphatic carbocycles. The molecule has 6 heteroatoms. The van der Waals surface area contributed by atoms with E-state index in [4.69, 9.17) is 5.73 Å². The van der Waals surface area contributed by atoms with Gasteiger partial charge < -0.3 is 16.0 Å². The molecule has 1 atom stereocenters. The molecule has 0 radical (unpaired) electrons. The van der Waals surface area contributed by atoms with E-state index in [1.807, 2.05) is 0 Å². The summed E-state index contributed by atoms with van der Waals surface area (Å²) in [4.78, 5) is 25.9. The van der Waals surface area contributed by atoms with Gasteiger partial charge in [-0.1, -0.05) is 50.7 Å². The van der Waals surface area contributed by atoms with Crippen LogP contribution >= 0.6 is 0 Å². The van der Waals surface area contributed by atoms with Crippen LogP contribution in [0, 0.1) is 0 Å². The van der Waals surface area contributed by atoms with Crippen molar-refractivity contribution in [1.29, 1.82) is 0 Å². The molecule has 2 fully saturated rings. The first kappa shape index (κ1) is 24.7. The predicted molar refractivity (Wildman–Crippen MR) is 131 cm³/mol. The molecule has 0 spiro atoms. The lowest BCUT2D eigenvalue weighted by Crippen LogP contribution is -2.47. The number of benzene rings is 1. The molecule has 2 heterocycles. The summed E-state index contributed by atoms with van der Waals surface area (Å²) in [6, 6.07) is 8.21. The van der Waals surface area contributed by atoms with Crippen LogP contribution in [0.1, 0.15) is 88.5 Å². The zero-order valence-corrected chi connectivity index (χ0v) is 19.6. The number of carbonyl (C=O) groups excluding carboxylic acids is 2. The Morgan fingerprint density at radius 2 is 1.50 bits per heavy atom. The fourth-order valence-electron chi connectivity index (χ4n) is 4.91. The van der Waals surface area contributed by atoms with E-state index < -0.39 is 0 Å². The standard InChI is InChI=1S/C26H42N4O2/c27-17-7-5-3-1-2-4-6-8-18-30-19-15-22(16-20-30)21-9-11-23(12-10-21)28-24-13-14-25(31)29-26(24)32/h9-12,22,24,28H,1-8,13-20,27H2,(H,29,31,32). The smallest absolute Gasteiger partial charge is 0.249 e. The van der Waals surface area contributed by atoms with E-state index in [0.29, 0.717) is 18.8 Å². The van der Waals surface area contributed by atoms with Crippen molar-refractivity contribution in [2.75, 3.05) is 31.5 Å². The number of unbranched alkanes of at least 4 members (excludes halogenated alkanes) is 7. The van der Waals surface area contributed by atoms with Gasteiger partial charge in [-0.2, -0.15) is 0 Å². The summed E-state index contributed by atoms with van der Waals surface area (Å²) in [6.07, 6.45) is 14.0. The highest BCUT2D eigenvalue weighted by molar-refractivity contribution is 6.01. The Morgan fingerprint density at radius 3 is 2.12 bits per heavy atom. The van der Waals surface area contributed by atoms with Crippen molar-refractivity contribution in [2.24, 2.45) is 5.73 Å². The SMILES string of the molecule is NCCCCCCCCCCN1CCC(c2ccc(NC3CCC(=O)NC3=O)cc2)CC1. The Bertz CT molecular complexity index is 698. The zero-order valence-electron chi connectivity index (χ0n) is 19.6. The van der Waals surface area contributed by atoms with Crippen molar-refractivity contribution in [3.8, 4) is 0 Å². The number of piperidine rings is 2. The third-order valence-electron chi connectivity index (χ3n) is 6.98. The maximum atomic E-state index is 11.9. The summed E-state index contributed by atoms with van der Waals surface area (Å²) in [7, 11) is 0. The van der Waals surface area contributed by atoms with Crippen LogP contribution in [-0.4, -0.2) is 48.9 Å². The number of nitrogens with one attached hydrogen (secondary N) is 2. The molecule has 2 amide bonds. The number of nitrogens with zero attached hydrogens (tertiary/aromatic N) is 1. The minimum absolute atomic E-state index is 0.177. The van der Waals surface area contributed by atoms with Crippen molar-refractivity contribution in [2.45, 2.75) is 89.0 Å². The average Bonchev–Trinajstić information content (AvgIpc) is 2.81. The van der Waals surface area contributed by atoms with Gasteiger partial charge in [-0.05, 0) is 81.9 Å². The van der Waals surface area contributed by atoms with E-state index >= 15 is 0 Å². The third-order valence-corrected chi connectivity index (χ3v) is 6.98. The summed E-state index contributed by atoms with van der Waals surface area (Å²) in [5.41, 5.74) is 7.88. The normalized spacial score (nSPS) is 20.3. The van der Waals surface area contributed by atoms with Crippen molar-refractivity contribution < 1.29 is 9.59 Å². The second kappa shape index (κ2) is 13.6. The van der Waals surface area contributed by atoms with Crippen LogP contribution in [0.25, 0.3) is 0 Å². The number of likely N-dealkylation sites (tertiary alicyclic amines) is 1. The Labute approximate surface area is 193 Å². The summed E-state index contributed by atoms with van der Waals surface area (Å²) < 4.78 is 0. The fraction of sp³-hybridized carbons (Fsp3) is 0.692. The summed E-state index contributed by atoms with van der Waals surface area (Å²) in [6.45, 7) is 4.47. The fourth-order valence-corrected chi connectivity index (χ4v) is 4.91. The molecule has 0 aromatic heterocycles. The van der Waals surface area contributed by atoms with Gasteiger partial charge in [0, 0.05) is 12.1 Å². The van der Waals surface area contributed by atoms with Crippen LogP contribution in [0.2, 0.25) is 0 Å². The summed E-state index contributed by atoms with van der Waals surface area (Å²) >= 11 is 0. The van der Waals surface area contributed by atoms with E-state index in [1.54, 1.807) is 0 Å². The molecule has 178 valence electrons. The van der Waals surface area contributed by atoms with Gasteiger partial charge in [0.2, 0.25) is 11.8 Å². The van der Waals surface area contributed by atoms with Gasteiger partial charge in [-0.15, -0.1) is 0 Å². The minimum Gasteiger partial charge on any atom is -0.374 e. The Hall–Kier alpha value is -1.92. The molecule has 6 nitrogen and oxygen atoms in total. The molecular formula is C26H42N4O2. The van der Waals surface area contributed by atoms with Crippen LogP contribution in [0.5, 0.6) is 0 Å². The average molecular weight is 443 g/mol. The number of amides is 2. The summed E-state index contributed by atoms with van der Waals surface area (Å²) in [5.74, 6) is 0.230. The highest BCUT2D eigenvalue weighted by Crippen LogP contribution is 2.29. The first-order valence-corrected chi connectivity index (χ1v) is 12.8. The van der Waals surface area contributed by atoms with Crippen LogP contribution in [0.4, 0.5) is 5.69 Å². The van der Waals surface area contributed by atoms with E-state index in [1.165, 1.54) is 89.4 Å². The first-order chi connectivity index (χ1) is 15.7. The second-order valence-corrected chi connectivity index (χ2v) is 9.50. The highest BCUT2D eigenvalue weighted by Gasteiger charge is 2.26. The Morgan fingerprint density at radius 1 is 0.875 bits per heavy atom. The number of rotatable bonds is 13. The topological polar surface area (TPSA) is 87.5 Å². The number of imide groups is 1. The van der Waals surface area contributed by atoms with E-state index in [9.17, 15) is 9.59 Å². The number of nitrogens with two attached hydrogens (primary N) is 1. The molecule has 2 aliphatic rings. The number of hydrogen-bond acceptors (Lipinski definition) is 5. The number of hydrogen-bond donors (Lipinski definition) is 3. The van der Waals surface area contributed by atoms with Crippen LogP contribution in [0.15, 0.2) is 24.3 Å². The van der Waals surface area contributed by atoms with Gasteiger partial charge in [-0.3, -0.25) is 14.9 Å². The molecule has 1 aromatic carbocycles. The molecule has 0 bridgehead atoms. The third kappa shape index (κ3) is 8.21. The van der Waals surface area contributed by atoms with Crippen molar-refractivity contribution in [3.63, 3.8) is 0 Å². The number of carbonyl (C=O) groups is 2. The minimum atomic E-state index is -0.321. The molecule has 0 saturated carbocycles. The van der Waals surface area contributed by atoms with Crippen molar-refractivity contribution in [1.82, 2.24) is 10.2 Å². The molecule has 3 rings (SSSR count). The molecule has 1 unspecified atom stereocenters. The number of anilines is 1. The van der Waals surface area contributed by atoms with E-state index in [2.05, 4.69) is 39.8 Å². The lowest BCUT2D eigenvalue weighted by Gasteiger charge is -2.32. The Balaban J connectivity index is 1.29. The van der Waals surface area contributed by atoms with Gasteiger partial charge in [-0.25, -0.2) is 0 Å².